The van der Waals surface area contributed by atoms with Gasteiger partial charge in [0.1, 0.15) is 13.2 Å². The van der Waals surface area contributed by atoms with E-state index < -0.39 is 0 Å². The molecule has 1 aromatic carbocycles. The third-order valence-electron chi connectivity index (χ3n) is 3.66. The molecule has 1 amide bonds. The molecule has 0 spiro atoms. The molecule has 0 aliphatic carbocycles. The molecule has 1 aliphatic rings. The van der Waals surface area contributed by atoms with Crippen LogP contribution in [0.4, 0.5) is 0 Å². The molecule has 4 nitrogen and oxygen atoms in total. The predicted octanol–water partition coefficient (Wildman–Crippen LogP) is 3.65. The normalized spacial score (nSPS) is 14.7. The Balaban J connectivity index is 1.83. The Morgan fingerprint density at radius 2 is 1.95 bits per heavy atom. The molecule has 22 heavy (non-hydrogen) atoms. The molecule has 1 N–H and O–H groups in total. The zero-order chi connectivity index (χ0) is 15.5. The number of hydrogen-bond donors (Lipinski definition) is 1. The van der Waals surface area contributed by atoms with Crippen LogP contribution in [0.3, 0.4) is 0 Å². The van der Waals surface area contributed by atoms with Crippen molar-refractivity contribution in [2.45, 2.75) is 19.9 Å². The lowest BCUT2D eigenvalue weighted by molar-refractivity contribution is 0.0926. The minimum atomic E-state index is -0.0665. The van der Waals surface area contributed by atoms with E-state index in [-0.39, 0.29) is 17.9 Å². The van der Waals surface area contributed by atoms with Gasteiger partial charge < -0.3 is 14.8 Å². The minimum Gasteiger partial charge on any atom is -0.486 e. The van der Waals surface area contributed by atoms with Gasteiger partial charge in [-0.05, 0) is 35.1 Å². The first-order valence-corrected chi connectivity index (χ1v) is 8.32. The molecular weight excluding hydrogens is 298 g/mol. The van der Waals surface area contributed by atoms with Gasteiger partial charge in [-0.15, -0.1) is 0 Å². The van der Waals surface area contributed by atoms with E-state index in [0.29, 0.717) is 18.8 Å². The summed E-state index contributed by atoms with van der Waals surface area (Å²) in [5.41, 5.74) is 1.73. The maximum absolute atomic E-state index is 12.3. The zero-order valence-corrected chi connectivity index (χ0v) is 13.5. The van der Waals surface area contributed by atoms with Crippen LogP contribution in [-0.4, -0.2) is 19.1 Å². The first-order valence-electron chi connectivity index (χ1n) is 7.38. The van der Waals surface area contributed by atoms with Crippen LogP contribution in [0.1, 0.15) is 35.8 Å². The summed E-state index contributed by atoms with van der Waals surface area (Å²) in [5, 5.41) is 6.88. The fraction of sp³-hybridized carbons (Fsp3) is 0.353. The molecule has 1 atom stereocenters. The van der Waals surface area contributed by atoms with E-state index in [0.717, 1.165) is 17.1 Å². The molecule has 1 aromatic heterocycles. The summed E-state index contributed by atoms with van der Waals surface area (Å²) in [4.78, 5) is 12.3. The average Bonchev–Trinajstić information content (AvgIpc) is 3.06. The van der Waals surface area contributed by atoms with Gasteiger partial charge in [0.2, 0.25) is 0 Å². The molecule has 0 saturated heterocycles. The Labute approximate surface area is 134 Å². The lowest BCUT2D eigenvalue weighted by Gasteiger charge is -2.25. The molecule has 2 heterocycles. The standard InChI is InChI=1S/C17H19NO3S/c1-11(2)16(18-17(19)13-5-8-22-10-13)12-3-4-14-15(9-12)21-7-6-20-14/h3-5,8-11,16H,6-7H2,1-2H3,(H,18,19). The van der Waals surface area contributed by atoms with Crippen LogP contribution in [-0.2, 0) is 0 Å². The molecule has 0 fully saturated rings. The predicted molar refractivity (Wildman–Crippen MR) is 86.8 cm³/mol. The first-order chi connectivity index (χ1) is 10.6. The maximum Gasteiger partial charge on any atom is 0.252 e. The maximum atomic E-state index is 12.3. The van der Waals surface area contributed by atoms with Crippen molar-refractivity contribution in [1.29, 1.82) is 0 Å². The van der Waals surface area contributed by atoms with Crippen LogP contribution >= 0.6 is 11.3 Å². The van der Waals surface area contributed by atoms with Gasteiger partial charge in [0, 0.05) is 5.38 Å². The Kier molecular flexibility index (Phi) is 4.34. The number of amides is 1. The fourth-order valence-electron chi connectivity index (χ4n) is 2.51. The highest BCUT2D eigenvalue weighted by molar-refractivity contribution is 7.08. The second-order valence-corrected chi connectivity index (χ2v) is 6.39. The average molecular weight is 317 g/mol. The molecule has 0 bridgehead atoms. The second kappa shape index (κ2) is 6.40. The van der Waals surface area contributed by atoms with Gasteiger partial charge in [-0.25, -0.2) is 0 Å². The Bertz CT molecular complexity index is 652. The summed E-state index contributed by atoms with van der Waals surface area (Å²) in [6.07, 6.45) is 0. The van der Waals surface area contributed by atoms with Gasteiger partial charge >= 0.3 is 0 Å². The van der Waals surface area contributed by atoms with Crippen molar-refractivity contribution in [2.75, 3.05) is 13.2 Å². The number of fused-ring (bicyclic) bond motifs is 1. The van der Waals surface area contributed by atoms with Crippen molar-refractivity contribution in [2.24, 2.45) is 5.92 Å². The number of thiophene rings is 1. The zero-order valence-electron chi connectivity index (χ0n) is 12.7. The Morgan fingerprint density at radius 1 is 1.18 bits per heavy atom. The van der Waals surface area contributed by atoms with Crippen LogP contribution in [0.15, 0.2) is 35.0 Å². The molecule has 3 rings (SSSR count). The summed E-state index contributed by atoms with van der Waals surface area (Å²) in [6.45, 7) is 5.32. The summed E-state index contributed by atoms with van der Waals surface area (Å²) < 4.78 is 11.2. The molecule has 116 valence electrons. The number of benzene rings is 1. The highest BCUT2D eigenvalue weighted by Crippen LogP contribution is 2.34. The van der Waals surface area contributed by atoms with Crippen LogP contribution < -0.4 is 14.8 Å². The van der Waals surface area contributed by atoms with Gasteiger partial charge in [-0.3, -0.25) is 4.79 Å². The van der Waals surface area contributed by atoms with Gasteiger partial charge in [-0.2, -0.15) is 11.3 Å². The van der Waals surface area contributed by atoms with E-state index in [4.69, 9.17) is 9.47 Å². The number of rotatable bonds is 4. The molecule has 5 heteroatoms. The number of nitrogens with one attached hydrogen (secondary N) is 1. The largest absolute Gasteiger partial charge is 0.486 e. The molecule has 2 aromatic rings. The second-order valence-electron chi connectivity index (χ2n) is 5.61. The van der Waals surface area contributed by atoms with Gasteiger partial charge in [0.05, 0.1) is 11.6 Å². The van der Waals surface area contributed by atoms with Crippen LogP contribution in [0.25, 0.3) is 0 Å². The summed E-state index contributed by atoms with van der Waals surface area (Å²) in [5.74, 6) is 1.74. The highest BCUT2D eigenvalue weighted by Gasteiger charge is 2.22. The number of carbonyl (C=O) groups is 1. The number of hydrogen-bond acceptors (Lipinski definition) is 4. The van der Waals surface area contributed by atoms with E-state index in [1.54, 1.807) is 0 Å². The molecule has 0 radical (unpaired) electrons. The van der Waals surface area contributed by atoms with Crippen molar-refractivity contribution < 1.29 is 14.3 Å². The van der Waals surface area contributed by atoms with Crippen molar-refractivity contribution in [1.82, 2.24) is 5.32 Å². The lowest BCUT2D eigenvalue weighted by Crippen LogP contribution is -2.31. The smallest absolute Gasteiger partial charge is 0.252 e. The highest BCUT2D eigenvalue weighted by atomic mass is 32.1. The minimum absolute atomic E-state index is 0.0464. The topological polar surface area (TPSA) is 47.6 Å². The van der Waals surface area contributed by atoms with Crippen molar-refractivity contribution in [3.05, 3.63) is 46.2 Å². The SMILES string of the molecule is CC(C)C(NC(=O)c1ccsc1)c1ccc2c(c1)OCCO2. The van der Waals surface area contributed by atoms with E-state index >= 15 is 0 Å². The van der Waals surface area contributed by atoms with E-state index in [2.05, 4.69) is 19.2 Å². The van der Waals surface area contributed by atoms with Crippen molar-refractivity contribution in [3.8, 4) is 11.5 Å². The molecule has 0 saturated carbocycles. The van der Waals surface area contributed by atoms with Crippen molar-refractivity contribution in [3.63, 3.8) is 0 Å². The van der Waals surface area contributed by atoms with Crippen molar-refractivity contribution >= 4 is 17.2 Å². The number of ether oxygens (including phenoxy) is 2. The van der Waals surface area contributed by atoms with E-state index in [1.165, 1.54) is 11.3 Å². The van der Waals surface area contributed by atoms with E-state index in [9.17, 15) is 4.79 Å². The van der Waals surface area contributed by atoms with E-state index in [1.807, 2.05) is 35.0 Å². The summed E-state index contributed by atoms with van der Waals surface area (Å²) in [7, 11) is 0. The van der Waals surface area contributed by atoms with Crippen LogP contribution in [0, 0.1) is 5.92 Å². The quantitative estimate of drug-likeness (QED) is 0.936. The van der Waals surface area contributed by atoms with Crippen LogP contribution in [0.5, 0.6) is 11.5 Å². The lowest BCUT2D eigenvalue weighted by atomic mass is 9.95. The monoisotopic (exact) mass is 317 g/mol. The third kappa shape index (κ3) is 3.09. The Hall–Kier alpha value is -2.01. The van der Waals surface area contributed by atoms with Gasteiger partial charge in [-0.1, -0.05) is 19.9 Å². The molecule has 1 aliphatic heterocycles. The molecule has 1 unspecified atom stereocenters. The Morgan fingerprint density at radius 3 is 2.64 bits per heavy atom. The third-order valence-corrected chi connectivity index (χ3v) is 4.35. The van der Waals surface area contributed by atoms with Gasteiger partial charge in [0.15, 0.2) is 11.5 Å². The summed E-state index contributed by atoms with van der Waals surface area (Å²) >= 11 is 1.52. The fourth-order valence-corrected chi connectivity index (χ4v) is 3.14. The molecular formula is C17H19NO3S. The van der Waals surface area contributed by atoms with Gasteiger partial charge in [0.25, 0.3) is 5.91 Å². The number of carbonyl (C=O) groups excluding carboxylic acids is 1. The summed E-state index contributed by atoms with van der Waals surface area (Å²) in [6, 6.07) is 7.64. The first kappa shape index (κ1) is 14.9. The van der Waals surface area contributed by atoms with Crippen LogP contribution in [0.2, 0.25) is 0 Å².